The number of anilines is 3. The molecule has 3 aromatic heterocycles. The van der Waals surface area contributed by atoms with Gasteiger partial charge in [-0.05, 0) is 57.0 Å². The van der Waals surface area contributed by atoms with E-state index >= 15 is 0 Å². The summed E-state index contributed by atoms with van der Waals surface area (Å²) in [5.41, 5.74) is 2.26. The molecule has 162 valence electrons. The molecule has 2 aliphatic rings. The Kier molecular flexibility index (Phi) is 6.48. The highest BCUT2D eigenvalue weighted by Crippen LogP contribution is 2.29. The molecule has 1 saturated heterocycles. The highest BCUT2D eigenvalue weighted by molar-refractivity contribution is 6.00. The number of carbonyl (C=O) groups is 1. The van der Waals surface area contributed by atoms with Crippen molar-refractivity contribution in [2.24, 2.45) is 0 Å². The molecule has 0 atom stereocenters. The van der Waals surface area contributed by atoms with Crippen LogP contribution in [0.5, 0.6) is 0 Å². The molecule has 1 aliphatic heterocycles. The van der Waals surface area contributed by atoms with E-state index in [0.717, 1.165) is 55.4 Å². The molecular formula is C22H26ClN7O. The number of nitrogens with one attached hydrogen (secondary N) is 4. The van der Waals surface area contributed by atoms with E-state index in [0.29, 0.717) is 23.2 Å². The predicted octanol–water partition coefficient (Wildman–Crippen LogP) is 3.25. The Bertz CT molecular complexity index is 1070. The van der Waals surface area contributed by atoms with Gasteiger partial charge in [-0.3, -0.25) is 9.78 Å². The number of aromatic nitrogens is 3. The molecular weight excluding hydrogens is 414 g/mol. The van der Waals surface area contributed by atoms with Gasteiger partial charge >= 0.3 is 0 Å². The Morgan fingerprint density at radius 1 is 1.00 bits per heavy atom. The first kappa shape index (κ1) is 21.3. The molecule has 4 N–H and O–H groups in total. The summed E-state index contributed by atoms with van der Waals surface area (Å²) >= 11 is 0. The first-order valence-electron chi connectivity index (χ1n) is 10.5. The maximum absolute atomic E-state index is 12.9. The Morgan fingerprint density at radius 2 is 1.84 bits per heavy atom. The van der Waals surface area contributed by atoms with Gasteiger partial charge in [-0.2, -0.15) is 0 Å². The lowest BCUT2D eigenvalue weighted by Gasteiger charge is -2.24. The minimum atomic E-state index is -0.0690. The molecule has 1 saturated carbocycles. The average Bonchev–Trinajstić information content (AvgIpc) is 3.58. The van der Waals surface area contributed by atoms with Gasteiger partial charge in [-0.1, -0.05) is 0 Å². The summed E-state index contributed by atoms with van der Waals surface area (Å²) in [6, 6.07) is 8.29. The van der Waals surface area contributed by atoms with Gasteiger partial charge in [-0.25, -0.2) is 9.97 Å². The van der Waals surface area contributed by atoms with E-state index in [4.69, 9.17) is 0 Å². The molecule has 4 heterocycles. The largest absolute Gasteiger partial charge is 0.382 e. The summed E-state index contributed by atoms with van der Waals surface area (Å²) < 4.78 is 0. The van der Waals surface area contributed by atoms with Crippen molar-refractivity contribution in [1.29, 1.82) is 0 Å². The lowest BCUT2D eigenvalue weighted by atomic mass is 10.1. The third-order valence-corrected chi connectivity index (χ3v) is 5.51. The van der Waals surface area contributed by atoms with Crippen LogP contribution >= 0.6 is 12.4 Å². The molecule has 0 radical (unpaired) electrons. The Balaban J connectivity index is 0.00000231. The van der Waals surface area contributed by atoms with Crippen molar-refractivity contribution in [3.63, 3.8) is 0 Å². The lowest BCUT2D eigenvalue weighted by molar-refractivity contribution is 0.0930. The van der Waals surface area contributed by atoms with Gasteiger partial charge < -0.3 is 21.3 Å². The number of carbonyl (C=O) groups excluding carboxylic acids is 1. The second kappa shape index (κ2) is 9.45. The summed E-state index contributed by atoms with van der Waals surface area (Å²) in [7, 11) is 0. The fourth-order valence-electron chi connectivity index (χ4n) is 3.67. The quantitative estimate of drug-likeness (QED) is 0.467. The number of fused-ring (bicyclic) bond motifs is 1. The van der Waals surface area contributed by atoms with Crippen molar-refractivity contribution < 1.29 is 4.79 Å². The molecule has 3 aromatic rings. The Labute approximate surface area is 187 Å². The van der Waals surface area contributed by atoms with Crippen LogP contribution in [0, 0.1) is 0 Å². The number of amides is 1. The fourth-order valence-corrected chi connectivity index (χ4v) is 3.67. The van der Waals surface area contributed by atoms with E-state index in [1.165, 1.54) is 0 Å². The van der Waals surface area contributed by atoms with Crippen molar-refractivity contribution in [1.82, 2.24) is 25.6 Å². The summed E-state index contributed by atoms with van der Waals surface area (Å²) in [4.78, 5) is 26.1. The van der Waals surface area contributed by atoms with E-state index in [-0.39, 0.29) is 24.4 Å². The fraction of sp³-hybridized carbons (Fsp3) is 0.364. The van der Waals surface area contributed by atoms with Crippen molar-refractivity contribution in [2.75, 3.05) is 23.7 Å². The molecule has 8 nitrogen and oxygen atoms in total. The van der Waals surface area contributed by atoms with Gasteiger partial charge in [0.25, 0.3) is 5.91 Å². The molecule has 1 aliphatic carbocycles. The van der Waals surface area contributed by atoms with Crippen LogP contribution in [-0.2, 0) is 0 Å². The second-order valence-corrected chi connectivity index (χ2v) is 7.92. The SMILES string of the molecule is Cl.O=C(NC1CCNCC1)c1cnc(Nc2ccc3cnccc3n2)cc1NC1CC1. The first-order chi connectivity index (χ1) is 14.7. The molecule has 9 heteroatoms. The van der Waals surface area contributed by atoms with Gasteiger partial charge in [0.2, 0.25) is 0 Å². The zero-order valence-corrected chi connectivity index (χ0v) is 17.9. The van der Waals surface area contributed by atoms with Crippen molar-refractivity contribution >= 4 is 46.5 Å². The molecule has 0 bridgehead atoms. The highest BCUT2D eigenvalue weighted by atomic mass is 35.5. The van der Waals surface area contributed by atoms with Crippen molar-refractivity contribution in [3.05, 3.63) is 48.4 Å². The summed E-state index contributed by atoms with van der Waals surface area (Å²) in [5.74, 6) is 1.28. The standard InChI is InChI=1S/C22H25N7O.ClH/c30-22(27-16-5-8-23-9-6-16)17-13-25-21(11-19(17)26-15-2-3-15)29-20-4-1-14-12-24-10-7-18(14)28-20;/h1,4,7,10-13,15-16,23H,2-3,5-6,8-9H2,(H,27,30)(H2,25,26,28,29);1H. The van der Waals surface area contributed by atoms with Crippen LogP contribution < -0.4 is 21.3 Å². The van der Waals surface area contributed by atoms with Crippen LogP contribution in [0.3, 0.4) is 0 Å². The molecule has 2 fully saturated rings. The van der Waals surface area contributed by atoms with Crippen molar-refractivity contribution in [3.8, 4) is 0 Å². The van der Waals surface area contributed by atoms with Gasteiger partial charge in [0, 0.05) is 42.1 Å². The number of hydrogen-bond donors (Lipinski definition) is 4. The monoisotopic (exact) mass is 439 g/mol. The number of hydrogen-bond acceptors (Lipinski definition) is 7. The minimum absolute atomic E-state index is 0. The van der Waals surface area contributed by atoms with Gasteiger partial charge in [0.1, 0.15) is 11.6 Å². The summed E-state index contributed by atoms with van der Waals surface area (Å²) in [6.07, 6.45) is 9.32. The zero-order valence-electron chi connectivity index (χ0n) is 17.1. The molecule has 1 amide bonds. The van der Waals surface area contributed by atoms with E-state index < -0.39 is 0 Å². The first-order valence-corrected chi connectivity index (χ1v) is 10.5. The maximum atomic E-state index is 12.9. The van der Waals surface area contributed by atoms with Crippen LogP contribution in [0.4, 0.5) is 17.3 Å². The van der Waals surface area contributed by atoms with Crippen LogP contribution in [0.25, 0.3) is 10.9 Å². The highest BCUT2D eigenvalue weighted by Gasteiger charge is 2.25. The number of piperidine rings is 1. The van der Waals surface area contributed by atoms with Gasteiger partial charge in [-0.15, -0.1) is 12.4 Å². The van der Waals surface area contributed by atoms with Crippen LogP contribution in [0.15, 0.2) is 42.9 Å². The summed E-state index contributed by atoms with van der Waals surface area (Å²) in [5, 5.41) is 14.2. The number of rotatable bonds is 6. The normalized spacial score (nSPS) is 16.4. The average molecular weight is 440 g/mol. The summed E-state index contributed by atoms with van der Waals surface area (Å²) in [6.45, 7) is 1.88. The molecule has 0 aromatic carbocycles. The lowest BCUT2D eigenvalue weighted by Crippen LogP contribution is -2.42. The maximum Gasteiger partial charge on any atom is 0.255 e. The predicted molar refractivity (Wildman–Crippen MR) is 124 cm³/mol. The van der Waals surface area contributed by atoms with Crippen molar-refractivity contribution in [2.45, 2.75) is 37.8 Å². The van der Waals surface area contributed by atoms with E-state index in [1.807, 2.05) is 24.3 Å². The minimum Gasteiger partial charge on any atom is -0.382 e. The number of halogens is 1. The van der Waals surface area contributed by atoms with E-state index in [9.17, 15) is 4.79 Å². The van der Waals surface area contributed by atoms with Gasteiger partial charge in [0.15, 0.2) is 0 Å². The Hall–Kier alpha value is -2.97. The molecule has 5 rings (SSSR count). The number of nitrogens with zero attached hydrogens (tertiary/aromatic N) is 3. The van der Waals surface area contributed by atoms with Crippen LogP contribution in [0.2, 0.25) is 0 Å². The third-order valence-electron chi connectivity index (χ3n) is 5.51. The number of pyridine rings is 3. The van der Waals surface area contributed by atoms with E-state index in [1.54, 1.807) is 18.6 Å². The molecule has 0 spiro atoms. The molecule has 31 heavy (non-hydrogen) atoms. The molecule has 0 unspecified atom stereocenters. The second-order valence-electron chi connectivity index (χ2n) is 7.92. The van der Waals surface area contributed by atoms with E-state index in [2.05, 4.69) is 36.2 Å². The zero-order chi connectivity index (χ0) is 20.3. The van der Waals surface area contributed by atoms with Gasteiger partial charge in [0.05, 0.1) is 16.8 Å². The topological polar surface area (TPSA) is 104 Å². The Morgan fingerprint density at radius 3 is 2.65 bits per heavy atom. The smallest absolute Gasteiger partial charge is 0.255 e. The van der Waals surface area contributed by atoms with Crippen LogP contribution in [-0.4, -0.2) is 46.0 Å². The third kappa shape index (κ3) is 5.21. The van der Waals surface area contributed by atoms with Crippen LogP contribution in [0.1, 0.15) is 36.0 Å².